The lowest BCUT2D eigenvalue weighted by Gasteiger charge is -2.11. The van der Waals surface area contributed by atoms with E-state index in [4.69, 9.17) is 23.2 Å². The smallest absolute Gasteiger partial charge is 0.128 e. The molecule has 3 rings (SSSR count). The maximum Gasteiger partial charge on any atom is 0.128 e. The molecule has 0 aliphatic heterocycles. The first-order valence-electron chi connectivity index (χ1n) is 6.59. The van der Waals surface area contributed by atoms with Crippen LogP contribution in [0.15, 0.2) is 46.9 Å². The molecule has 1 aromatic heterocycles. The maximum absolute atomic E-state index is 6.36. The standard InChI is InChI=1S/C16H13BrCl2N2/c1-10(18)16-20-14-4-2-3-13(19)15(14)21(16)9-11-5-7-12(17)8-6-11/h2-8,10H,9H2,1H3. The molecule has 0 aliphatic carbocycles. The van der Waals surface area contributed by atoms with Crippen molar-refractivity contribution >= 4 is 50.2 Å². The van der Waals surface area contributed by atoms with Gasteiger partial charge in [0.25, 0.3) is 0 Å². The van der Waals surface area contributed by atoms with Gasteiger partial charge >= 0.3 is 0 Å². The molecule has 0 radical (unpaired) electrons. The van der Waals surface area contributed by atoms with Crippen LogP contribution in [0.4, 0.5) is 0 Å². The Morgan fingerprint density at radius 3 is 2.57 bits per heavy atom. The van der Waals surface area contributed by atoms with E-state index < -0.39 is 0 Å². The predicted octanol–water partition coefficient (Wildman–Crippen LogP) is 5.80. The highest BCUT2D eigenvalue weighted by molar-refractivity contribution is 9.10. The van der Waals surface area contributed by atoms with Crippen molar-refractivity contribution in [1.82, 2.24) is 9.55 Å². The third-order valence-corrected chi connectivity index (χ3v) is 4.39. The Morgan fingerprint density at radius 1 is 1.19 bits per heavy atom. The lowest BCUT2D eigenvalue weighted by atomic mass is 10.2. The van der Waals surface area contributed by atoms with Crippen molar-refractivity contribution in [1.29, 1.82) is 0 Å². The molecule has 1 atom stereocenters. The lowest BCUT2D eigenvalue weighted by molar-refractivity contribution is 0.742. The third-order valence-electron chi connectivity index (χ3n) is 3.36. The number of hydrogen-bond acceptors (Lipinski definition) is 1. The van der Waals surface area contributed by atoms with E-state index in [0.717, 1.165) is 21.3 Å². The fourth-order valence-corrected chi connectivity index (χ4v) is 3.10. The van der Waals surface area contributed by atoms with Crippen molar-refractivity contribution in [2.24, 2.45) is 0 Å². The Balaban J connectivity index is 2.15. The fourth-order valence-electron chi connectivity index (χ4n) is 2.40. The molecule has 108 valence electrons. The average Bonchev–Trinajstić information content (AvgIpc) is 2.82. The van der Waals surface area contributed by atoms with Crippen LogP contribution in [-0.4, -0.2) is 9.55 Å². The summed E-state index contributed by atoms with van der Waals surface area (Å²) in [6.07, 6.45) is 0. The van der Waals surface area contributed by atoms with Gasteiger partial charge in [0, 0.05) is 11.0 Å². The van der Waals surface area contributed by atoms with E-state index in [2.05, 4.69) is 37.6 Å². The number of fused-ring (bicyclic) bond motifs is 1. The van der Waals surface area contributed by atoms with E-state index in [9.17, 15) is 0 Å². The molecule has 21 heavy (non-hydrogen) atoms. The highest BCUT2D eigenvalue weighted by atomic mass is 79.9. The summed E-state index contributed by atoms with van der Waals surface area (Å²) >= 11 is 16.1. The quantitative estimate of drug-likeness (QED) is 0.522. The van der Waals surface area contributed by atoms with Gasteiger partial charge in [0.1, 0.15) is 5.82 Å². The zero-order valence-corrected chi connectivity index (χ0v) is 14.5. The van der Waals surface area contributed by atoms with Gasteiger partial charge < -0.3 is 4.57 Å². The van der Waals surface area contributed by atoms with E-state index in [1.54, 1.807) is 0 Å². The van der Waals surface area contributed by atoms with Crippen molar-refractivity contribution in [3.63, 3.8) is 0 Å². The summed E-state index contributed by atoms with van der Waals surface area (Å²) in [5.41, 5.74) is 2.99. The highest BCUT2D eigenvalue weighted by Gasteiger charge is 2.17. The Kier molecular flexibility index (Phi) is 4.25. The van der Waals surface area contributed by atoms with E-state index in [1.165, 1.54) is 5.56 Å². The first-order valence-corrected chi connectivity index (χ1v) is 8.20. The monoisotopic (exact) mass is 382 g/mol. The molecule has 0 saturated carbocycles. The van der Waals surface area contributed by atoms with E-state index in [0.29, 0.717) is 11.6 Å². The molecule has 5 heteroatoms. The van der Waals surface area contributed by atoms with Crippen LogP contribution < -0.4 is 0 Å². The Hall–Kier alpha value is -1.03. The molecule has 0 aliphatic rings. The van der Waals surface area contributed by atoms with Crippen LogP contribution >= 0.6 is 39.1 Å². The van der Waals surface area contributed by atoms with Crippen molar-refractivity contribution in [2.75, 3.05) is 0 Å². The molecule has 1 unspecified atom stereocenters. The van der Waals surface area contributed by atoms with Gasteiger partial charge in [-0.2, -0.15) is 0 Å². The summed E-state index contributed by atoms with van der Waals surface area (Å²) in [6.45, 7) is 2.62. The minimum Gasteiger partial charge on any atom is -0.321 e. The molecule has 2 aromatic carbocycles. The van der Waals surface area contributed by atoms with Crippen molar-refractivity contribution in [3.05, 3.63) is 63.3 Å². The summed E-state index contributed by atoms with van der Waals surface area (Å²) in [6, 6.07) is 14.0. The summed E-state index contributed by atoms with van der Waals surface area (Å²) < 4.78 is 3.16. The third kappa shape index (κ3) is 2.96. The Labute approximate surface area is 141 Å². The minimum absolute atomic E-state index is 0.177. The van der Waals surface area contributed by atoms with Crippen molar-refractivity contribution in [2.45, 2.75) is 18.8 Å². The molecule has 0 N–H and O–H groups in total. The van der Waals surface area contributed by atoms with Crippen LogP contribution in [0.3, 0.4) is 0 Å². The molecule has 2 nitrogen and oxygen atoms in total. The van der Waals surface area contributed by atoms with Gasteiger partial charge in [0.2, 0.25) is 0 Å². The Bertz CT molecular complexity index is 779. The molecular formula is C16H13BrCl2N2. The molecular weight excluding hydrogens is 371 g/mol. The second kappa shape index (κ2) is 5.99. The second-order valence-corrected chi connectivity index (χ2v) is 6.88. The van der Waals surface area contributed by atoms with Crippen LogP contribution in [0.1, 0.15) is 23.7 Å². The van der Waals surface area contributed by atoms with Gasteiger partial charge in [-0.05, 0) is 36.8 Å². The topological polar surface area (TPSA) is 17.8 Å². The van der Waals surface area contributed by atoms with Gasteiger partial charge in [0.05, 0.1) is 21.4 Å². The van der Waals surface area contributed by atoms with Crippen LogP contribution in [-0.2, 0) is 6.54 Å². The maximum atomic E-state index is 6.36. The van der Waals surface area contributed by atoms with Crippen molar-refractivity contribution < 1.29 is 0 Å². The lowest BCUT2D eigenvalue weighted by Crippen LogP contribution is -2.06. The molecule has 0 spiro atoms. The number of para-hydroxylation sites is 1. The zero-order chi connectivity index (χ0) is 15.0. The van der Waals surface area contributed by atoms with Gasteiger partial charge in [-0.3, -0.25) is 0 Å². The van der Waals surface area contributed by atoms with Crippen LogP contribution in [0.5, 0.6) is 0 Å². The SMILES string of the molecule is CC(Cl)c1nc2cccc(Cl)c2n1Cc1ccc(Br)cc1. The normalized spacial score (nSPS) is 12.8. The molecule has 0 bridgehead atoms. The number of aromatic nitrogens is 2. The van der Waals surface area contributed by atoms with Gasteiger partial charge in [-0.25, -0.2) is 4.98 Å². The number of alkyl halides is 1. The number of benzene rings is 2. The van der Waals surface area contributed by atoms with Gasteiger partial charge in [-0.15, -0.1) is 11.6 Å². The van der Waals surface area contributed by atoms with Crippen LogP contribution in [0.25, 0.3) is 11.0 Å². The number of nitrogens with zero attached hydrogens (tertiary/aromatic N) is 2. The second-order valence-electron chi connectivity index (χ2n) is 4.91. The average molecular weight is 384 g/mol. The van der Waals surface area contributed by atoms with Gasteiger partial charge in [0.15, 0.2) is 0 Å². The molecule has 1 heterocycles. The van der Waals surface area contributed by atoms with Crippen molar-refractivity contribution in [3.8, 4) is 0 Å². The predicted molar refractivity (Wildman–Crippen MR) is 92.3 cm³/mol. The van der Waals surface area contributed by atoms with E-state index in [1.807, 2.05) is 37.3 Å². The van der Waals surface area contributed by atoms with Crippen LogP contribution in [0.2, 0.25) is 5.02 Å². The molecule has 0 fully saturated rings. The summed E-state index contributed by atoms with van der Waals surface area (Å²) in [5, 5.41) is 0.518. The minimum atomic E-state index is -0.177. The van der Waals surface area contributed by atoms with Crippen LogP contribution in [0, 0.1) is 0 Å². The largest absolute Gasteiger partial charge is 0.321 e. The first kappa shape index (κ1) is 14.9. The molecule has 0 amide bonds. The number of halogens is 3. The molecule has 0 saturated heterocycles. The summed E-state index contributed by atoms with van der Waals surface area (Å²) in [7, 11) is 0. The fraction of sp³-hybridized carbons (Fsp3) is 0.188. The van der Waals surface area contributed by atoms with E-state index in [-0.39, 0.29) is 5.38 Å². The van der Waals surface area contributed by atoms with E-state index >= 15 is 0 Å². The zero-order valence-electron chi connectivity index (χ0n) is 11.4. The first-order chi connectivity index (χ1) is 10.1. The summed E-state index contributed by atoms with van der Waals surface area (Å²) in [5.74, 6) is 0.836. The molecule has 3 aromatic rings. The van der Waals surface area contributed by atoms with Gasteiger partial charge in [-0.1, -0.05) is 45.7 Å². The number of imidazole rings is 1. The number of rotatable bonds is 3. The summed E-state index contributed by atoms with van der Waals surface area (Å²) in [4.78, 5) is 4.62. The Morgan fingerprint density at radius 2 is 1.90 bits per heavy atom. The highest BCUT2D eigenvalue weighted by Crippen LogP contribution is 2.30. The number of hydrogen-bond donors (Lipinski definition) is 0.